The Hall–Kier alpha value is -3.98. The van der Waals surface area contributed by atoms with E-state index in [4.69, 9.17) is 14.7 Å². The molecule has 0 radical (unpaired) electrons. The van der Waals surface area contributed by atoms with Gasteiger partial charge in [-0.2, -0.15) is 17.0 Å². The highest BCUT2D eigenvalue weighted by atomic mass is 32.2. The zero-order valence-corrected chi connectivity index (χ0v) is 27.0. The predicted molar refractivity (Wildman–Crippen MR) is 173 cm³/mol. The summed E-state index contributed by atoms with van der Waals surface area (Å²) in [4.78, 5) is 40.0. The number of rotatable bonds is 19. The molecule has 2 aromatic heterocycles. The van der Waals surface area contributed by atoms with Crippen LogP contribution >= 0.6 is 23.1 Å². The standard InChI is InChI=1S/C29H38N10O5S2/c30-14-27-34-21-6-5-19(13-24(21)46-27)32-16-26(41)33-15-20-17-39(38-37-20)8-10-44-12-11-43-9-7-31-25(40)4-2-1-3-23-28-22(18-45-23)35-29(42)36-28/h5-6,13,17,22-23,28,32H,1-4,7-12,15-16,18H2,(H,31,40)(H,33,41)(H2,35,36,42)/t22?,23-,28?/m0/s1. The number of carbonyl (C=O) groups excluding carboxylic acids is 3. The molecule has 46 heavy (non-hydrogen) atoms. The zero-order valence-electron chi connectivity index (χ0n) is 25.3. The molecule has 0 saturated carbocycles. The minimum atomic E-state index is -0.188. The van der Waals surface area contributed by atoms with Gasteiger partial charge in [0.25, 0.3) is 0 Å². The molecule has 3 atom stereocenters. The Morgan fingerprint density at radius 2 is 1.98 bits per heavy atom. The summed E-state index contributed by atoms with van der Waals surface area (Å²) in [5, 5.41) is 32.7. The Morgan fingerprint density at radius 3 is 2.85 bits per heavy atom. The minimum absolute atomic E-state index is 0.0256. The van der Waals surface area contributed by atoms with Crippen molar-refractivity contribution in [3.63, 3.8) is 0 Å². The quantitative estimate of drug-likeness (QED) is 0.0912. The normalized spacial score (nSPS) is 18.5. The van der Waals surface area contributed by atoms with Crippen molar-refractivity contribution in [1.82, 2.24) is 41.2 Å². The highest BCUT2D eigenvalue weighted by Crippen LogP contribution is 2.33. The molecule has 0 bridgehead atoms. The number of hydrogen-bond donors (Lipinski definition) is 5. The van der Waals surface area contributed by atoms with E-state index in [2.05, 4.69) is 41.9 Å². The Kier molecular flexibility index (Phi) is 12.4. The summed E-state index contributed by atoms with van der Waals surface area (Å²) in [7, 11) is 0. The van der Waals surface area contributed by atoms with Gasteiger partial charge in [0.2, 0.25) is 11.8 Å². The zero-order chi connectivity index (χ0) is 32.1. The summed E-state index contributed by atoms with van der Waals surface area (Å²) in [6, 6.07) is 7.93. The smallest absolute Gasteiger partial charge is 0.315 e. The Labute approximate surface area is 274 Å². The first-order valence-electron chi connectivity index (χ1n) is 15.3. The van der Waals surface area contributed by atoms with E-state index < -0.39 is 0 Å². The second kappa shape index (κ2) is 17.1. The predicted octanol–water partition coefficient (Wildman–Crippen LogP) is 1.36. The summed E-state index contributed by atoms with van der Waals surface area (Å²) in [5.74, 6) is 0.788. The molecule has 246 valence electrons. The maximum Gasteiger partial charge on any atom is 0.315 e. The molecular formula is C29H38N10O5S2. The molecule has 5 N–H and O–H groups in total. The molecule has 15 nitrogen and oxygen atoms in total. The van der Waals surface area contributed by atoms with Crippen LogP contribution in [0.4, 0.5) is 10.5 Å². The fourth-order valence-electron chi connectivity index (χ4n) is 5.15. The van der Waals surface area contributed by atoms with E-state index in [0.29, 0.717) is 61.9 Å². The maximum atomic E-state index is 12.3. The third-order valence-electron chi connectivity index (χ3n) is 7.48. The van der Waals surface area contributed by atoms with Crippen LogP contribution in [0, 0.1) is 11.3 Å². The topological polar surface area (TPSA) is 197 Å². The first-order chi connectivity index (χ1) is 22.5. The molecule has 4 heterocycles. The fourth-order valence-corrected chi connectivity index (χ4v) is 7.50. The van der Waals surface area contributed by atoms with Gasteiger partial charge in [0.15, 0.2) is 5.01 Å². The monoisotopic (exact) mass is 670 g/mol. The molecule has 0 aliphatic carbocycles. The number of nitrogens with zero attached hydrogens (tertiary/aromatic N) is 5. The second-order valence-corrected chi connectivity index (χ2v) is 13.2. The van der Waals surface area contributed by atoms with Crippen LogP contribution in [-0.2, 0) is 32.2 Å². The van der Waals surface area contributed by atoms with Crippen LogP contribution in [-0.4, -0.2) is 100 Å². The van der Waals surface area contributed by atoms with E-state index in [1.165, 1.54) is 11.3 Å². The van der Waals surface area contributed by atoms with Crippen molar-refractivity contribution in [2.24, 2.45) is 0 Å². The van der Waals surface area contributed by atoms with Crippen LogP contribution in [0.3, 0.4) is 0 Å². The van der Waals surface area contributed by atoms with Gasteiger partial charge in [-0.1, -0.05) is 11.6 Å². The third kappa shape index (κ3) is 10.0. The Morgan fingerprint density at radius 1 is 1.11 bits per heavy atom. The summed E-state index contributed by atoms with van der Waals surface area (Å²) in [6.45, 7) is 3.01. The van der Waals surface area contributed by atoms with Gasteiger partial charge in [0, 0.05) is 29.7 Å². The van der Waals surface area contributed by atoms with Gasteiger partial charge in [-0.3, -0.25) is 9.59 Å². The van der Waals surface area contributed by atoms with Gasteiger partial charge in [-0.25, -0.2) is 14.5 Å². The van der Waals surface area contributed by atoms with Gasteiger partial charge in [-0.15, -0.1) is 16.4 Å². The molecule has 2 saturated heterocycles. The summed E-state index contributed by atoms with van der Waals surface area (Å²) in [5.41, 5.74) is 2.16. The van der Waals surface area contributed by atoms with Crippen LogP contribution < -0.4 is 26.6 Å². The molecule has 2 aliphatic rings. The summed E-state index contributed by atoms with van der Waals surface area (Å²) < 4.78 is 13.7. The molecule has 2 aliphatic heterocycles. The summed E-state index contributed by atoms with van der Waals surface area (Å²) in [6.07, 6.45) is 5.04. The van der Waals surface area contributed by atoms with E-state index in [1.54, 1.807) is 10.9 Å². The van der Waals surface area contributed by atoms with Crippen molar-refractivity contribution in [1.29, 1.82) is 5.26 Å². The van der Waals surface area contributed by atoms with E-state index in [1.807, 2.05) is 36.0 Å². The molecule has 1 aromatic carbocycles. The van der Waals surface area contributed by atoms with Gasteiger partial charge in [0.05, 0.1) is 74.6 Å². The molecule has 0 spiro atoms. The largest absolute Gasteiger partial charge is 0.377 e. The number of nitrogens with one attached hydrogen (secondary N) is 5. The van der Waals surface area contributed by atoms with Crippen molar-refractivity contribution in [3.05, 3.63) is 35.1 Å². The number of carbonyl (C=O) groups is 3. The average molecular weight is 671 g/mol. The van der Waals surface area contributed by atoms with Gasteiger partial charge in [0.1, 0.15) is 11.8 Å². The molecular weight excluding hydrogens is 633 g/mol. The van der Waals surface area contributed by atoms with Crippen LogP contribution in [0.15, 0.2) is 24.4 Å². The number of thioether (sulfide) groups is 1. The van der Waals surface area contributed by atoms with Crippen LogP contribution in [0.1, 0.15) is 36.4 Å². The van der Waals surface area contributed by atoms with Gasteiger partial charge >= 0.3 is 6.03 Å². The lowest BCUT2D eigenvalue weighted by Gasteiger charge is -2.16. The van der Waals surface area contributed by atoms with Crippen LogP contribution in [0.25, 0.3) is 10.2 Å². The molecule has 4 amide bonds. The highest BCUT2D eigenvalue weighted by molar-refractivity contribution is 8.00. The number of aromatic nitrogens is 4. The number of benzene rings is 1. The maximum absolute atomic E-state index is 12.3. The summed E-state index contributed by atoms with van der Waals surface area (Å²) >= 11 is 3.20. The number of unbranched alkanes of at least 4 members (excludes halogenated alkanes) is 1. The molecule has 5 rings (SSSR count). The number of fused-ring (bicyclic) bond motifs is 2. The number of urea groups is 1. The molecule has 2 unspecified atom stereocenters. The minimum Gasteiger partial charge on any atom is -0.377 e. The first kappa shape index (κ1) is 33.4. The van der Waals surface area contributed by atoms with E-state index in [9.17, 15) is 14.4 Å². The van der Waals surface area contributed by atoms with Crippen molar-refractivity contribution in [2.75, 3.05) is 50.6 Å². The lowest BCUT2D eigenvalue weighted by molar-refractivity contribution is -0.121. The number of thiazole rings is 1. The third-order valence-corrected chi connectivity index (χ3v) is 9.91. The van der Waals surface area contributed by atoms with Crippen LogP contribution in [0.2, 0.25) is 0 Å². The van der Waals surface area contributed by atoms with E-state index in [0.717, 1.165) is 40.9 Å². The first-order valence-corrected chi connectivity index (χ1v) is 17.1. The lowest BCUT2D eigenvalue weighted by Crippen LogP contribution is -2.36. The number of amides is 4. The number of anilines is 1. The highest BCUT2D eigenvalue weighted by Gasteiger charge is 2.42. The molecule has 17 heteroatoms. The van der Waals surface area contributed by atoms with Crippen molar-refractivity contribution in [2.45, 2.75) is 56.1 Å². The molecule has 2 fully saturated rings. The fraction of sp³-hybridized carbons (Fsp3) is 0.552. The Balaban J connectivity index is 0.827. The van der Waals surface area contributed by atoms with Gasteiger partial charge in [-0.05, 0) is 31.0 Å². The van der Waals surface area contributed by atoms with E-state index >= 15 is 0 Å². The van der Waals surface area contributed by atoms with Crippen LogP contribution in [0.5, 0.6) is 0 Å². The average Bonchev–Trinajstić information content (AvgIpc) is 3.84. The second-order valence-electron chi connectivity index (χ2n) is 10.9. The van der Waals surface area contributed by atoms with E-state index in [-0.39, 0.29) is 43.0 Å². The Bertz CT molecular complexity index is 1530. The van der Waals surface area contributed by atoms with Crippen molar-refractivity contribution < 1.29 is 23.9 Å². The van der Waals surface area contributed by atoms with Crippen molar-refractivity contribution >= 4 is 56.8 Å². The van der Waals surface area contributed by atoms with Gasteiger partial charge < -0.3 is 36.1 Å². The lowest BCUT2D eigenvalue weighted by atomic mass is 10.0. The SMILES string of the molecule is N#Cc1nc2ccc(NCC(=O)NCc3cn(CCOCCOCCNC(=O)CCCC[C@@H]4SCC5NC(=O)NC54)nn3)cc2s1. The van der Waals surface area contributed by atoms with Crippen molar-refractivity contribution in [3.8, 4) is 6.07 Å². The number of nitriles is 1. The number of hydrogen-bond acceptors (Lipinski definition) is 12. The molecule has 3 aromatic rings. The number of ether oxygens (including phenoxy) is 2.